The zero-order chi connectivity index (χ0) is 15.7. The van der Waals surface area contributed by atoms with Gasteiger partial charge >= 0.3 is 0 Å². The summed E-state index contributed by atoms with van der Waals surface area (Å²) in [5.41, 5.74) is 3.29. The van der Waals surface area contributed by atoms with E-state index in [1.807, 2.05) is 47.9 Å². The second-order valence-corrected chi connectivity index (χ2v) is 5.64. The molecule has 2 aromatic heterocycles. The fraction of sp³-hybridized carbons (Fsp3) is 0.125. The number of imidazole rings is 1. The van der Waals surface area contributed by atoms with Gasteiger partial charge < -0.3 is 5.32 Å². The number of nitrogens with zero attached hydrogens (tertiary/aromatic N) is 2. The molecular formula is C16H13Cl2N3O. The highest BCUT2D eigenvalue weighted by atomic mass is 35.5. The van der Waals surface area contributed by atoms with Crippen molar-refractivity contribution >= 4 is 40.6 Å². The molecule has 2 heterocycles. The zero-order valence-corrected chi connectivity index (χ0v) is 13.3. The lowest BCUT2D eigenvalue weighted by Crippen LogP contribution is -2.14. The average Bonchev–Trinajstić information content (AvgIpc) is 2.85. The molecular weight excluding hydrogens is 321 g/mol. The molecule has 0 atom stereocenters. The fourth-order valence-corrected chi connectivity index (χ4v) is 2.53. The fourth-order valence-electron chi connectivity index (χ4n) is 2.27. The lowest BCUT2D eigenvalue weighted by Gasteiger charge is -2.07. The van der Waals surface area contributed by atoms with Crippen molar-refractivity contribution in [3.8, 4) is 11.3 Å². The lowest BCUT2D eigenvalue weighted by molar-refractivity contribution is -0.113. The molecule has 0 fully saturated rings. The van der Waals surface area contributed by atoms with Gasteiger partial charge in [-0.05, 0) is 30.7 Å². The lowest BCUT2D eigenvalue weighted by atomic mass is 10.1. The summed E-state index contributed by atoms with van der Waals surface area (Å²) in [5, 5.41) is 3.43. The molecule has 0 unspecified atom stereocenters. The molecule has 3 rings (SSSR count). The highest BCUT2D eigenvalue weighted by Crippen LogP contribution is 2.30. The molecule has 0 saturated carbocycles. The number of pyridine rings is 1. The topological polar surface area (TPSA) is 46.4 Å². The molecule has 0 radical (unpaired) electrons. The number of benzene rings is 1. The molecule has 4 nitrogen and oxygen atoms in total. The summed E-state index contributed by atoms with van der Waals surface area (Å²) in [4.78, 5) is 16.3. The minimum Gasteiger partial charge on any atom is -0.309 e. The van der Waals surface area contributed by atoms with Gasteiger partial charge in [-0.1, -0.05) is 29.8 Å². The third-order valence-corrected chi connectivity index (χ3v) is 3.72. The van der Waals surface area contributed by atoms with Crippen molar-refractivity contribution in [1.29, 1.82) is 0 Å². The quantitative estimate of drug-likeness (QED) is 0.732. The molecule has 0 aliphatic rings. The molecule has 0 aliphatic heterocycles. The molecule has 3 aromatic rings. The Kier molecular flexibility index (Phi) is 4.05. The van der Waals surface area contributed by atoms with Crippen LogP contribution in [-0.4, -0.2) is 21.2 Å². The van der Waals surface area contributed by atoms with Crippen LogP contribution in [0.2, 0.25) is 5.02 Å². The van der Waals surface area contributed by atoms with Gasteiger partial charge in [-0.2, -0.15) is 0 Å². The number of carbonyl (C=O) groups excluding carboxylic acids is 1. The summed E-state index contributed by atoms with van der Waals surface area (Å²) in [5.74, 6) is 0.188. The number of rotatable bonds is 3. The molecule has 0 spiro atoms. The van der Waals surface area contributed by atoms with E-state index in [0.717, 1.165) is 16.8 Å². The van der Waals surface area contributed by atoms with E-state index in [1.54, 1.807) is 6.07 Å². The Labute approximate surface area is 137 Å². The number of aromatic nitrogens is 2. The van der Waals surface area contributed by atoms with E-state index in [2.05, 4.69) is 10.3 Å². The maximum atomic E-state index is 11.7. The van der Waals surface area contributed by atoms with Crippen LogP contribution in [0.1, 0.15) is 5.56 Å². The van der Waals surface area contributed by atoms with E-state index >= 15 is 0 Å². The van der Waals surface area contributed by atoms with Crippen LogP contribution in [0.3, 0.4) is 0 Å². The minimum atomic E-state index is -0.284. The van der Waals surface area contributed by atoms with E-state index in [1.165, 1.54) is 0 Å². The molecule has 1 amide bonds. The molecule has 1 aromatic carbocycles. The van der Waals surface area contributed by atoms with Crippen molar-refractivity contribution < 1.29 is 4.79 Å². The number of carbonyl (C=O) groups is 1. The van der Waals surface area contributed by atoms with Crippen molar-refractivity contribution in [2.45, 2.75) is 6.92 Å². The van der Waals surface area contributed by atoms with Gasteiger partial charge in [0, 0.05) is 16.8 Å². The number of hydrogen-bond acceptors (Lipinski definition) is 2. The predicted octanol–water partition coefficient (Wildman–Crippen LogP) is 4.14. The zero-order valence-electron chi connectivity index (χ0n) is 11.8. The monoisotopic (exact) mass is 333 g/mol. The highest BCUT2D eigenvalue weighted by molar-refractivity contribution is 6.31. The van der Waals surface area contributed by atoms with Crippen molar-refractivity contribution in [3.05, 3.63) is 53.2 Å². The SMILES string of the molecule is Cc1ccc2nc(-c3cccc(Cl)c3)c(NC(=O)CCl)n2c1. The summed E-state index contributed by atoms with van der Waals surface area (Å²) in [6, 6.07) is 11.2. The Morgan fingerprint density at radius 3 is 2.86 bits per heavy atom. The summed E-state index contributed by atoms with van der Waals surface area (Å²) in [6.07, 6.45) is 1.92. The number of aryl methyl sites for hydroxylation is 1. The van der Waals surface area contributed by atoms with Gasteiger partial charge in [0.2, 0.25) is 5.91 Å². The van der Waals surface area contributed by atoms with Gasteiger partial charge in [0.05, 0.1) is 0 Å². The predicted molar refractivity (Wildman–Crippen MR) is 89.7 cm³/mol. The van der Waals surface area contributed by atoms with Crippen LogP contribution in [0.4, 0.5) is 5.82 Å². The van der Waals surface area contributed by atoms with Crippen LogP contribution in [0.5, 0.6) is 0 Å². The first-order chi connectivity index (χ1) is 10.6. The summed E-state index contributed by atoms with van der Waals surface area (Å²) in [7, 11) is 0. The largest absolute Gasteiger partial charge is 0.309 e. The molecule has 22 heavy (non-hydrogen) atoms. The summed E-state index contributed by atoms with van der Waals surface area (Å²) >= 11 is 11.7. The number of alkyl halides is 1. The Balaban J connectivity index is 2.24. The normalized spacial score (nSPS) is 10.9. The summed E-state index contributed by atoms with van der Waals surface area (Å²) in [6.45, 7) is 1.98. The van der Waals surface area contributed by atoms with E-state index in [0.29, 0.717) is 16.5 Å². The number of halogens is 2. The Hall–Kier alpha value is -2.04. The van der Waals surface area contributed by atoms with Crippen LogP contribution in [0.25, 0.3) is 16.9 Å². The Bertz CT molecular complexity index is 858. The van der Waals surface area contributed by atoms with Gasteiger partial charge in [-0.25, -0.2) is 4.98 Å². The smallest absolute Gasteiger partial charge is 0.240 e. The number of anilines is 1. The van der Waals surface area contributed by atoms with Crippen LogP contribution in [-0.2, 0) is 4.79 Å². The molecule has 0 aliphatic carbocycles. The van der Waals surface area contributed by atoms with Gasteiger partial charge in [0.1, 0.15) is 23.0 Å². The molecule has 0 bridgehead atoms. The van der Waals surface area contributed by atoms with Crippen LogP contribution in [0, 0.1) is 6.92 Å². The van der Waals surface area contributed by atoms with E-state index in [-0.39, 0.29) is 11.8 Å². The Morgan fingerprint density at radius 2 is 2.14 bits per heavy atom. The third kappa shape index (κ3) is 2.80. The van der Waals surface area contributed by atoms with Crippen LogP contribution in [0.15, 0.2) is 42.6 Å². The first-order valence-electron chi connectivity index (χ1n) is 6.69. The van der Waals surface area contributed by atoms with E-state index in [4.69, 9.17) is 23.2 Å². The van der Waals surface area contributed by atoms with Gasteiger partial charge in [-0.15, -0.1) is 11.6 Å². The Morgan fingerprint density at radius 1 is 1.32 bits per heavy atom. The first-order valence-corrected chi connectivity index (χ1v) is 7.60. The number of amides is 1. The maximum absolute atomic E-state index is 11.7. The van der Waals surface area contributed by atoms with Gasteiger partial charge in [0.25, 0.3) is 0 Å². The van der Waals surface area contributed by atoms with Crippen molar-refractivity contribution in [1.82, 2.24) is 9.38 Å². The second kappa shape index (κ2) is 5.99. The molecule has 0 saturated heterocycles. The van der Waals surface area contributed by atoms with Gasteiger partial charge in [-0.3, -0.25) is 9.20 Å². The molecule has 1 N–H and O–H groups in total. The standard InChI is InChI=1S/C16H13Cl2N3O/c1-10-5-6-13-19-15(11-3-2-4-12(18)7-11)16(21(13)9-10)20-14(22)8-17/h2-7,9H,8H2,1H3,(H,20,22). The first kappa shape index (κ1) is 14.9. The molecule has 112 valence electrons. The third-order valence-electron chi connectivity index (χ3n) is 3.24. The maximum Gasteiger partial charge on any atom is 0.240 e. The van der Waals surface area contributed by atoms with Gasteiger partial charge in [0.15, 0.2) is 0 Å². The molecule has 6 heteroatoms. The number of nitrogens with one attached hydrogen (secondary N) is 1. The van der Waals surface area contributed by atoms with E-state index < -0.39 is 0 Å². The number of hydrogen-bond donors (Lipinski definition) is 1. The van der Waals surface area contributed by atoms with Crippen LogP contribution < -0.4 is 5.32 Å². The van der Waals surface area contributed by atoms with Crippen LogP contribution >= 0.6 is 23.2 Å². The minimum absolute atomic E-state index is 0.117. The highest BCUT2D eigenvalue weighted by Gasteiger charge is 2.16. The second-order valence-electron chi connectivity index (χ2n) is 4.94. The average molecular weight is 334 g/mol. The van der Waals surface area contributed by atoms with Crippen molar-refractivity contribution in [2.24, 2.45) is 0 Å². The van der Waals surface area contributed by atoms with Crippen molar-refractivity contribution in [3.63, 3.8) is 0 Å². The van der Waals surface area contributed by atoms with E-state index in [9.17, 15) is 4.79 Å². The summed E-state index contributed by atoms with van der Waals surface area (Å²) < 4.78 is 1.84. The number of fused-ring (bicyclic) bond motifs is 1. The van der Waals surface area contributed by atoms with Crippen molar-refractivity contribution in [2.75, 3.05) is 11.2 Å².